The second kappa shape index (κ2) is 1.95. The van der Waals surface area contributed by atoms with E-state index in [-0.39, 0.29) is 0 Å². The summed E-state index contributed by atoms with van der Waals surface area (Å²) in [6.45, 7) is 0.466. The van der Waals surface area contributed by atoms with Crippen LogP contribution in [0.25, 0.3) is 0 Å². The van der Waals surface area contributed by atoms with Gasteiger partial charge in [0.05, 0.1) is 5.60 Å². The Hall–Kier alpha value is -0.0800. The molecule has 0 aromatic carbocycles. The van der Waals surface area contributed by atoms with E-state index < -0.39 is 5.60 Å². The van der Waals surface area contributed by atoms with Gasteiger partial charge in [-0.15, -0.1) is 0 Å². The van der Waals surface area contributed by atoms with Crippen LogP contribution < -0.4 is 5.73 Å². The molecule has 0 aromatic heterocycles. The lowest BCUT2D eigenvalue weighted by molar-refractivity contribution is -0.00419. The third-order valence-electron chi connectivity index (χ3n) is 3.30. The van der Waals surface area contributed by atoms with Crippen molar-refractivity contribution in [1.29, 1.82) is 0 Å². The fourth-order valence-corrected chi connectivity index (χ4v) is 2.66. The fourth-order valence-electron chi connectivity index (χ4n) is 2.66. The van der Waals surface area contributed by atoms with Crippen molar-refractivity contribution in [1.82, 2.24) is 0 Å². The molecular weight excluding hydrogens is 126 g/mol. The van der Waals surface area contributed by atoms with Gasteiger partial charge in [0.15, 0.2) is 0 Å². The molecule has 2 aliphatic carbocycles. The minimum absolute atomic E-state index is 0.466. The second-order valence-electron chi connectivity index (χ2n) is 3.89. The Bertz CT molecular complexity index is 148. The Labute approximate surface area is 61.4 Å². The van der Waals surface area contributed by atoms with Crippen LogP contribution in [-0.4, -0.2) is 17.3 Å². The van der Waals surface area contributed by atoms with E-state index in [1.54, 1.807) is 0 Å². The van der Waals surface area contributed by atoms with E-state index in [1.807, 2.05) is 0 Å². The number of hydrogen-bond donors (Lipinski definition) is 2. The molecule has 58 valence electrons. The van der Waals surface area contributed by atoms with Crippen molar-refractivity contribution < 1.29 is 5.11 Å². The van der Waals surface area contributed by atoms with Crippen molar-refractivity contribution in [2.45, 2.75) is 31.3 Å². The molecule has 3 atom stereocenters. The highest BCUT2D eigenvalue weighted by Gasteiger charge is 2.48. The number of rotatable bonds is 1. The molecule has 0 spiro atoms. The Balaban J connectivity index is 2.14. The fraction of sp³-hybridized carbons (Fsp3) is 1.00. The van der Waals surface area contributed by atoms with Gasteiger partial charge in [0, 0.05) is 6.54 Å². The molecule has 0 unspecified atom stereocenters. The van der Waals surface area contributed by atoms with Crippen molar-refractivity contribution in [2.75, 3.05) is 6.54 Å². The first-order valence-corrected chi connectivity index (χ1v) is 4.17. The summed E-state index contributed by atoms with van der Waals surface area (Å²) in [5.74, 6) is 1.32. The maximum atomic E-state index is 9.87. The summed E-state index contributed by atoms with van der Waals surface area (Å²) in [6, 6.07) is 0. The average Bonchev–Trinajstić information content (AvgIpc) is 2.46. The van der Waals surface area contributed by atoms with Gasteiger partial charge in [0.2, 0.25) is 0 Å². The minimum atomic E-state index is -0.469. The molecular formula is C8H15NO. The number of hydrogen-bond acceptors (Lipinski definition) is 2. The van der Waals surface area contributed by atoms with Crippen molar-refractivity contribution >= 4 is 0 Å². The number of aliphatic hydroxyl groups is 1. The van der Waals surface area contributed by atoms with E-state index in [9.17, 15) is 5.11 Å². The minimum Gasteiger partial charge on any atom is -0.388 e. The van der Waals surface area contributed by atoms with Crippen LogP contribution in [0.15, 0.2) is 0 Å². The zero-order chi connectivity index (χ0) is 7.19. The lowest BCUT2D eigenvalue weighted by Crippen LogP contribution is -2.42. The predicted octanol–water partition coefficient (Wildman–Crippen LogP) is 0.496. The highest BCUT2D eigenvalue weighted by molar-refractivity contribution is 5.01. The highest BCUT2D eigenvalue weighted by Crippen LogP contribution is 2.50. The van der Waals surface area contributed by atoms with Crippen LogP contribution >= 0.6 is 0 Å². The van der Waals surface area contributed by atoms with Gasteiger partial charge in [0.25, 0.3) is 0 Å². The van der Waals surface area contributed by atoms with E-state index in [0.29, 0.717) is 12.5 Å². The van der Waals surface area contributed by atoms with Crippen molar-refractivity contribution in [2.24, 2.45) is 17.6 Å². The van der Waals surface area contributed by atoms with Gasteiger partial charge in [0.1, 0.15) is 0 Å². The SMILES string of the molecule is NC[C@@]1(O)C[C@H]2CC[C@H]1C2. The van der Waals surface area contributed by atoms with Crippen LogP contribution in [0.2, 0.25) is 0 Å². The quantitative estimate of drug-likeness (QED) is 0.558. The zero-order valence-electron chi connectivity index (χ0n) is 6.21. The van der Waals surface area contributed by atoms with Crippen LogP contribution in [0.4, 0.5) is 0 Å². The Morgan fingerprint density at radius 3 is 2.60 bits per heavy atom. The summed E-state index contributed by atoms with van der Waals surface area (Å²) in [5, 5.41) is 9.87. The first-order valence-electron chi connectivity index (χ1n) is 4.17. The molecule has 2 aliphatic rings. The van der Waals surface area contributed by atoms with Crippen molar-refractivity contribution in [3.05, 3.63) is 0 Å². The molecule has 2 bridgehead atoms. The molecule has 10 heavy (non-hydrogen) atoms. The maximum Gasteiger partial charge on any atom is 0.0800 e. The van der Waals surface area contributed by atoms with Crippen LogP contribution in [0.1, 0.15) is 25.7 Å². The summed E-state index contributed by atoms with van der Waals surface area (Å²) >= 11 is 0. The molecule has 3 N–H and O–H groups in total. The van der Waals surface area contributed by atoms with Gasteiger partial charge < -0.3 is 10.8 Å². The van der Waals surface area contributed by atoms with E-state index in [0.717, 1.165) is 12.3 Å². The Morgan fingerprint density at radius 1 is 1.50 bits per heavy atom. The molecule has 2 saturated carbocycles. The van der Waals surface area contributed by atoms with Crippen LogP contribution in [0, 0.1) is 11.8 Å². The third kappa shape index (κ3) is 0.722. The first kappa shape index (κ1) is 6.62. The molecule has 0 saturated heterocycles. The molecule has 2 nitrogen and oxygen atoms in total. The highest BCUT2D eigenvalue weighted by atomic mass is 16.3. The molecule has 0 aromatic rings. The van der Waals surface area contributed by atoms with Crippen LogP contribution in [0.3, 0.4) is 0 Å². The second-order valence-corrected chi connectivity index (χ2v) is 3.89. The number of fused-ring (bicyclic) bond motifs is 2. The lowest BCUT2D eigenvalue weighted by atomic mass is 9.84. The zero-order valence-corrected chi connectivity index (χ0v) is 6.21. The summed E-state index contributed by atoms with van der Waals surface area (Å²) in [7, 11) is 0. The topological polar surface area (TPSA) is 46.2 Å². The van der Waals surface area contributed by atoms with Gasteiger partial charge in [-0.2, -0.15) is 0 Å². The van der Waals surface area contributed by atoms with Gasteiger partial charge in [-0.25, -0.2) is 0 Å². The summed E-state index contributed by atoms with van der Waals surface area (Å²) in [5.41, 5.74) is 5.04. The first-order chi connectivity index (χ1) is 4.74. The van der Waals surface area contributed by atoms with Crippen LogP contribution in [0.5, 0.6) is 0 Å². The van der Waals surface area contributed by atoms with Gasteiger partial charge in [-0.1, -0.05) is 0 Å². The Morgan fingerprint density at radius 2 is 2.30 bits per heavy atom. The van der Waals surface area contributed by atoms with E-state index in [2.05, 4.69) is 0 Å². The standard InChI is InChI=1S/C8H15NO/c9-5-8(10)4-6-1-2-7(8)3-6/h6-7,10H,1-5,9H2/t6-,7-,8-/m0/s1. The molecule has 0 radical (unpaired) electrons. The third-order valence-corrected chi connectivity index (χ3v) is 3.30. The van der Waals surface area contributed by atoms with E-state index >= 15 is 0 Å². The molecule has 2 rings (SSSR count). The smallest absolute Gasteiger partial charge is 0.0800 e. The number of nitrogens with two attached hydrogens (primary N) is 1. The maximum absolute atomic E-state index is 9.87. The van der Waals surface area contributed by atoms with E-state index in [1.165, 1.54) is 19.3 Å². The average molecular weight is 141 g/mol. The van der Waals surface area contributed by atoms with Gasteiger partial charge in [-0.05, 0) is 37.5 Å². The van der Waals surface area contributed by atoms with Gasteiger partial charge >= 0.3 is 0 Å². The predicted molar refractivity (Wildman–Crippen MR) is 39.5 cm³/mol. The van der Waals surface area contributed by atoms with Crippen LogP contribution in [-0.2, 0) is 0 Å². The van der Waals surface area contributed by atoms with Crippen molar-refractivity contribution in [3.8, 4) is 0 Å². The van der Waals surface area contributed by atoms with Gasteiger partial charge in [-0.3, -0.25) is 0 Å². The van der Waals surface area contributed by atoms with E-state index in [4.69, 9.17) is 5.73 Å². The monoisotopic (exact) mass is 141 g/mol. The molecule has 0 heterocycles. The largest absolute Gasteiger partial charge is 0.388 e. The lowest BCUT2D eigenvalue weighted by Gasteiger charge is -2.30. The van der Waals surface area contributed by atoms with Crippen molar-refractivity contribution in [3.63, 3.8) is 0 Å². The summed E-state index contributed by atoms with van der Waals surface area (Å²) < 4.78 is 0. The summed E-state index contributed by atoms with van der Waals surface area (Å²) in [6.07, 6.45) is 4.73. The molecule has 2 heteroatoms. The molecule has 0 amide bonds. The molecule has 2 fully saturated rings. The normalized spacial score (nSPS) is 52.2. The Kier molecular flexibility index (Phi) is 1.29. The summed E-state index contributed by atoms with van der Waals surface area (Å²) in [4.78, 5) is 0. The molecule has 0 aliphatic heterocycles.